The first-order valence-electron chi connectivity index (χ1n) is 14.6. The summed E-state index contributed by atoms with van der Waals surface area (Å²) in [4.78, 5) is 34.4. The molecule has 2 heterocycles. The van der Waals surface area contributed by atoms with Crippen molar-refractivity contribution in [2.24, 2.45) is 21.9 Å². The maximum atomic E-state index is 14.3. The number of hydrazone groups is 1. The monoisotopic (exact) mass is 541 g/mol. The van der Waals surface area contributed by atoms with Crippen LogP contribution in [0.15, 0.2) is 58.6 Å². The number of hydrazine groups is 2. The molecule has 4 aliphatic rings. The molecule has 4 N–H and O–H groups in total. The summed E-state index contributed by atoms with van der Waals surface area (Å²) in [6.45, 7) is 6.97. The summed E-state index contributed by atoms with van der Waals surface area (Å²) in [6, 6.07) is 16.0. The van der Waals surface area contributed by atoms with E-state index in [-0.39, 0.29) is 24.4 Å². The minimum atomic E-state index is -0.549. The summed E-state index contributed by atoms with van der Waals surface area (Å²) in [5, 5.41) is 6.84. The highest BCUT2D eigenvalue weighted by atomic mass is 16.2. The Morgan fingerprint density at radius 1 is 1.07 bits per heavy atom. The van der Waals surface area contributed by atoms with E-state index in [4.69, 9.17) is 4.99 Å². The van der Waals surface area contributed by atoms with E-state index in [9.17, 15) is 9.59 Å². The second-order valence-electron chi connectivity index (χ2n) is 12.0. The van der Waals surface area contributed by atoms with Crippen molar-refractivity contribution in [3.63, 3.8) is 0 Å². The van der Waals surface area contributed by atoms with Crippen LogP contribution in [0.25, 0.3) is 0 Å². The molecule has 0 bridgehead atoms. The Morgan fingerprint density at radius 3 is 2.38 bits per heavy atom. The van der Waals surface area contributed by atoms with Crippen molar-refractivity contribution in [3.05, 3.63) is 70.8 Å². The fourth-order valence-corrected chi connectivity index (χ4v) is 6.90. The Morgan fingerprint density at radius 2 is 1.77 bits per heavy atom. The van der Waals surface area contributed by atoms with Crippen molar-refractivity contribution in [2.75, 3.05) is 6.54 Å². The number of aliphatic imine (C=N–C) groups is 1. The van der Waals surface area contributed by atoms with Crippen molar-refractivity contribution in [1.82, 2.24) is 26.7 Å². The average molecular weight is 542 g/mol. The summed E-state index contributed by atoms with van der Waals surface area (Å²) >= 11 is 0. The van der Waals surface area contributed by atoms with Crippen molar-refractivity contribution >= 4 is 23.4 Å². The van der Waals surface area contributed by atoms with Crippen LogP contribution in [0.2, 0.25) is 0 Å². The quantitative estimate of drug-likeness (QED) is 0.401. The predicted octanol–water partition coefficient (Wildman–Crippen LogP) is 4.15. The molecule has 2 fully saturated rings. The highest BCUT2D eigenvalue weighted by Crippen LogP contribution is 2.48. The van der Waals surface area contributed by atoms with E-state index in [1.54, 1.807) is 0 Å². The van der Waals surface area contributed by atoms with Gasteiger partial charge in [-0.3, -0.25) is 20.0 Å². The van der Waals surface area contributed by atoms with Crippen LogP contribution in [0, 0.1) is 11.8 Å². The van der Waals surface area contributed by atoms with Crippen molar-refractivity contribution in [3.8, 4) is 0 Å². The molecule has 3 atom stereocenters. The molecule has 2 aromatic carbocycles. The maximum absolute atomic E-state index is 14.3. The van der Waals surface area contributed by atoms with Gasteiger partial charge in [-0.15, -0.1) is 10.6 Å². The van der Waals surface area contributed by atoms with Gasteiger partial charge in [0.05, 0.1) is 12.6 Å². The van der Waals surface area contributed by atoms with E-state index in [0.29, 0.717) is 34.9 Å². The molecule has 2 unspecified atom stereocenters. The predicted molar refractivity (Wildman–Crippen MR) is 155 cm³/mol. The number of hydrogen-bond donors (Lipinski definition) is 4. The Bertz CT molecular complexity index is 1320. The molecular formula is C31H39N7O2. The molecule has 2 aliphatic heterocycles. The second-order valence-corrected chi connectivity index (χ2v) is 12.0. The lowest BCUT2D eigenvalue weighted by Gasteiger charge is -2.47. The molecule has 1 spiro atoms. The topological polar surface area (TPSA) is 110 Å². The highest BCUT2D eigenvalue weighted by molar-refractivity contribution is 6.46. The van der Waals surface area contributed by atoms with Gasteiger partial charge in [0.1, 0.15) is 11.4 Å². The van der Waals surface area contributed by atoms with Crippen molar-refractivity contribution in [2.45, 2.75) is 76.9 Å². The molecular weight excluding hydrogens is 502 g/mol. The van der Waals surface area contributed by atoms with Gasteiger partial charge in [0, 0.05) is 11.1 Å². The molecule has 210 valence electrons. The van der Waals surface area contributed by atoms with E-state index in [0.717, 1.165) is 36.8 Å². The molecule has 9 heteroatoms. The van der Waals surface area contributed by atoms with Crippen molar-refractivity contribution < 1.29 is 9.59 Å². The SMILES string of the molecule is CC[C@H](c1ccc(C(=O)NCC2=NNNN2)cc1)N1C(=O)C(c2ccc(C3CC3)cc2)=NC12CC(C)CC(C)C2. The molecule has 0 radical (unpaired) electrons. The number of nitrogens with one attached hydrogen (secondary N) is 4. The zero-order chi connectivity index (χ0) is 27.9. The third-order valence-electron chi connectivity index (χ3n) is 8.70. The lowest BCUT2D eigenvalue weighted by atomic mass is 9.75. The third-order valence-corrected chi connectivity index (χ3v) is 8.70. The number of amidine groups is 1. The first kappa shape index (κ1) is 26.5. The lowest BCUT2D eigenvalue weighted by Crippen LogP contribution is -2.52. The lowest BCUT2D eigenvalue weighted by molar-refractivity contribution is -0.134. The minimum absolute atomic E-state index is 0.0150. The van der Waals surface area contributed by atoms with Crippen LogP contribution >= 0.6 is 0 Å². The molecule has 0 saturated heterocycles. The fourth-order valence-electron chi connectivity index (χ4n) is 6.90. The summed E-state index contributed by atoms with van der Waals surface area (Å²) < 4.78 is 0. The molecule has 2 amide bonds. The molecule has 0 aromatic heterocycles. The normalized spacial score (nSPS) is 26.7. The number of amides is 2. The summed E-state index contributed by atoms with van der Waals surface area (Å²) in [6.07, 6.45) is 6.16. The summed E-state index contributed by atoms with van der Waals surface area (Å²) in [7, 11) is 0. The van der Waals surface area contributed by atoms with E-state index in [2.05, 4.69) is 76.9 Å². The molecule has 9 nitrogen and oxygen atoms in total. The van der Waals surface area contributed by atoms with E-state index < -0.39 is 5.66 Å². The van der Waals surface area contributed by atoms with Crippen LogP contribution in [0.1, 0.15) is 98.3 Å². The van der Waals surface area contributed by atoms with Crippen LogP contribution in [0.5, 0.6) is 0 Å². The maximum Gasteiger partial charge on any atom is 0.275 e. The van der Waals surface area contributed by atoms with Gasteiger partial charge >= 0.3 is 0 Å². The van der Waals surface area contributed by atoms with E-state index in [1.165, 1.54) is 18.4 Å². The molecule has 2 saturated carbocycles. The number of hydrogen-bond acceptors (Lipinski definition) is 7. The highest BCUT2D eigenvalue weighted by Gasteiger charge is 2.52. The van der Waals surface area contributed by atoms with Crippen LogP contribution in [-0.2, 0) is 4.79 Å². The average Bonchev–Trinajstić information content (AvgIpc) is 3.60. The zero-order valence-corrected chi connectivity index (χ0v) is 23.5. The number of carbonyl (C=O) groups is 2. The van der Waals surface area contributed by atoms with E-state index >= 15 is 0 Å². The Labute approximate surface area is 235 Å². The largest absolute Gasteiger partial charge is 0.345 e. The van der Waals surface area contributed by atoms with Crippen LogP contribution in [0.4, 0.5) is 0 Å². The number of rotatable bonds is 8. The number of nitrogens with zero attached hydrogens (tertiary/aromatic N) is 3. The first-order chi connectivity index (χ1) is 19.4. The smallest absolute Gasteiger partial charge is 0.275 e. The minimum Gasteiger partial charge on any atom is -0.345 e. The van der Waals surface area contributed by atoms with Gasteiger partial charge in [-0.25, -0.2) is 5.53 Å². The Balaban J connectivity index is 1.27. The first-order valence-corrected chi connectivity index (χ1v) is 14.6. The number of benzene rings is 2. The van der Waals surface area contributed by atoms with Gasteiger partial charge in [0.2, 0.25) is 0 Å². The van der Waals surface area contributed by atoms with Gasteiger partial charge < -0.3 is 10.2 Å². The van der Waals surface area contributed by atoms with Gasteiger partial charge in [0.25, 0.3) is 11.8 Å². The van der Waals surface area contributed by atoms with Gasteiger partial charge in [-0.2, -0.15) is 0 Å². The van der Waals surface area contributed by atoms with Gasteiger partial charge in [0.15, 0.2) is 5.84 Å². The fraction of sp³-hybridized carbons (Fsp3) is 0.484. The van der Waals surface area contributed by atoms with Crippen LogP contribution in [-0.4, -0.2) is 40.5 Å². The molecule has 2 aliphatic carbocycles. The number of carbonyl (C=O) groups excluding carboxylic acids is 2. The van der Waals surface area contributed by atoms with Gasteiger partial charge in [-0.05, 0) is 79.5 Å². The van der Waals surface area contributed by atoms with Gasteiger partial charge in [-0.1, -0.05) is 57.2 Å². The second kappa shape index (κ2) is 10.7. The molecule has 2 aromatic rings. The third kappa shape index (κ3) is 5.10. The summed E-state index contributed by atoms with van der Waals surface area (Å²) in [5.41, 5.74) is 11.9. The molecule has 6 rings (SSSR count). The summed E-state index contributed by atoms with van der Waals surface area (Å²) in [5.74, 6) is 2.07. The standard InChI is InChI=1S/C31H39N7O2/c1-4-26(23-9-13-25(14-10-23)29(39)32-18-27-34-36-37-35-27)38-30(40)28(24-11-7-22(8-12-24)21-5-6-21)33-31(38)16-19(2)15-20(3)17-31/h7-14,19-21,26,36-37H,4-6,15-18H2,1-3H3,(H,32,39)(H,34,35)/t19?,20?,26-,31?/m1/s1. The van der Waals surface area contributed by atoms with E-state index in [1.807, 2.05) is 24.3 Å². The van der Waals surface area contributed by atoms with Crippen molar-refractivity contribution in [1.29, 1.82) is 0 Å². The Hall–Kier alpha value is -3.72. The van der Waals surface area contributed by atoms with Crippen LogP contribution < -0.4 is 21.8 Å². The molecule has 40 heavy (non-hydrogen) atoms. The zero-order valence-electron chi connectivity index (χ0n) is 23.5. The van der Waals surface area contributed by atoms with Crippen LogP contribution in [0.3, 0.4) is 0 Å². The Kier molecular flexibility index (Phi) is 7.08.